The first-order chi connectivity index (χ1) is 8.47. The molecular weight excluding hydrogens is 245 g/mol. The van der Waals surface area contributed by atoms with Gasteiger partial charge < -0.3 is 10.5 Å². The van der Waals surface area contributed by atoms with Crippen LogP contribution in [0.4, 0.5) is 18.9 Å². The Balaban J connectivity index is 2.49. The number of rotatable bonds is 2. The van der Waals surface area contributed by atoms with E-state index >= 15 is 0 Å². The maximum atomic E-state index is 12.3. The van der Waals surface area contributed by atoms with E-state index in [4.69, 9.17) is 5.73 Å². The smallest absolute Gasteiger partial charge is 0.405 e. The van der Waals surface area contributed by atoms with Gasteiger partial charge in [-0.1, -0.05) is 18.2 Å². The Morgan fingerprint density at radius 3 is 2.44 bits per heavy atom. The number of pyridine rings is 1. The minimum absolute atomic E-state index is 0.250. The molecule has 2 rings (SSSR count). The molecule has 2 N–H and O–H groups in total. The molecule has 18 heavy (non-hydrogen) atoms. The van der Waals surface area contributed by atoms with Gasteiger partial charge >= 0.3 is 6.36 Å². The lowest BCUT2D eigenvalue weighted by atomic mass is 10.1. The van der Waals surface area contributed by atoms with Crippen molar-refractivity contribution in [2.45, 2.75) is 6.36 Å². The van der Waals surface area contributed by atoms with E-state index in [9.17, 15) is 13.2 Å². The standard InChI is InChI=1S/C12H9F3N2O/c13-12(14,15)18-11-4-2-1-3-8(11)9-7-17-6-5-10(9)16/h1-7H,(H2,16,17). The summed E-state index contributed by atoms with van der Waals surface area (Å²) in [7, 11) is 0. The third-order valence-corrected chi connectivity index (χ3v) is 2.26. The molecule has 0 aliphatic rings. The van der Waals surface area contributed by atoms with Gasteiger partial charge in [0.15, 0.2) is 0 Å². The number of halogens is 3. The third kappa shape index (κ3) is 2.71. The van der Waals surface area contributed by atoms with Gasteiger partial charge in [0, 0.05) is 29.2 Å². The molecule has 0 unspecified atom stereocenters. The summed E-state index contributed by atoms with van der Waals surface area (Å²) < 4.78 is 40.8. The second-order valence-electron chi connectivity index (χ2n) is 3.51. The van der Waals surface area contributed by atoms with Gasteiger partial charge in [-0.15, -0.1) is 13.2 Å². The van der Waals surface area contributed by atoms with E-state index in [0.29, 0.717) is 11.3 Å². The summed E-state index contributed by atoms with van der Waals surface area (Å²) in [5, 5.41) is 0. The number of para-hydroxylation sites is 1. The van der Waals surface area contributed by atoms with Crippen molar-refractivity contribution in [1.29, 1.82) is 0 Å². The largest absolute Gasteiger partial charge is 0.573 e. The predicted molar refractivity (Wildman–Crippen MR) is 60.8 cm³/mol. The van der Waals surface area contributed by atoms with E-state index in [0.717, 1.165) is 0 Å². The monoisotopic (exact) mass is 254 g/mol. The van der Waals surface area contributed by atoms with Gasteiger partial charge in [0.05, 0.1) is 0 Å². The molecule has 0 aliphatic carbocycles. The number of hydrogen-bond donors (Lipinski definition) is 1. The molecule has 0 spiro atoms. The number of nitrogens with zero attached hydrogens (tertiary/aromatic N) is 1. The Morgan fingerprint density at radius 2 is 1.78 bits per heavy atom. The number of nitrogens with two attached hydrogens (primary N) is 1. The van der Waals surface area contributed by atoms with Crippen LogP contribution in [0.5, 0.6) is 5.75 Å². The Morgan fingerprint density at radius 1 is 1.06 bits per heavy atom. The molecule has 1 aromatic heterocycles. The van der Waals surface area contributed by atoms with Crippen LogP contribution < -0.4 is 10.5 Å². The molecule has 2 aromatic rings. The van der Waals surface area contributed by atoms with Crippen molar-refractivity contribution in [3.63, 3.8) is 0 Å². The number of nitrogen functional groups attached to an aromatic ring is 1. The topological polar surface area (TPSA) is 48.1 Å². The van der Waals surface area contributed by atoms with Gasteiger partial charge in [-0.3, -0.25) is 4.98 Å². The van der Waals surface area contributed by atoms with Gasteiger partial charge in [-0.05, 0) is 12.1 Å². The van der Waals surface area contributed by atoms with Crippen LogP contribution in [0, 0.1) is 0 Å². The van der Waals surface area contributed by atoms with Gasteiger partial charge in [0.1, 0.15) is 5.75 Å². The van der Waals surface area contributed by atoms with Crippen LogP contribution in [0.15, 0.2) is 42.7 Å². The molecule has 0 saturated heterocycles. The number of aromatic nitrogens is 1. The maximum Gasteiger partial charge on any atom is 0.573 e. The van der Waals surface area contributed by atoms with Gasteiger partial charge in [-0.25, -0.2) is 0 Å². The quantitative estimate of drug-likeness (QED) is 0.895. The second kappa shape index (κ2) is 4.56. The summed E-state index contributed by atoms with van der Waals surface area (Å²) in [6.45, 7) is 0. The molecule has 0 fully saturated rings. The van der Waals surface area contributed by atoms with Crippen LogP contribution in [-0.2, 0) is 0 Å². The van der Waals surface area contributed by atoms with Crippen molar-refractivity contribution in [1.82, 2.24) is 4.98 Å². The fourth-order valence-electron chi connectivity index (χ4n) is 1.53. The lowest BCUT2D eigenvalue weighted by molar-refractivity contribution is -0.274. The summed E-state index contributed by atoms with van der Waals surface area (Å²) in [5.74, 6) is -0.301. The first-order valence-corrected chi connectivity index (χ1v) is 5.02. The Kier molecular flexibility index (Phi) is 3.10. The third-order valence-electron chi connectivity index (χ3n) is 2.26. The highest BCUT2D eigenvalue weighted by Gasteiger charge is 2.32. The van der Waals surface area contributed by atoms with E-state index in [1.165, 1.54) is 36.7 Å². The molecule has 0 aliphatic heterocycles. The Bertz CT molecular complexity index is 555. The molecular formula is C12H9F3N2O. The average molecular weight is 254 g/mol. The minimum Gasteiger partial charge on any atom is -0.405 e. The van der Waals surface area contributed by atoms with Crippen molar-refractivity contribution in [2.75, 3.05) is 5.73 Å². The van der Waals surface area contributed by atoms with Crippen LogP contribution in [0.25, 0.3) is 11.1 Å². The highest BCUT2D eigenvalue weighted by atomic mass is 19.4. The predicted octanol–water partition coefficient (Wildman–Crippen LogP) is 3.23. The van der Waals surface area contributed by atoms with Crippen LogP contribution in [0.1, 0.15) is 0 Å². The fraction of sp³-hybridized carbons (Fsp3) is 0.0833. The molecule has 0 bridgehead atoms. The van der Waals surface area contributed by atoms with Crippen LogP contribution in [0.2, 0.25) is 0 Å². The zero-order valence-electron chi connectivity index (χ0n) is 9.11. The van der Waals surface area contributed by atoms with Crippen LogP contribution in [-0.4, -0.2) is 11.3 Å². The zero-order valence-corrected chi connectivity index (χ0v) is 9.11. The van der Waals surface area contributed by atoms with Crippen molar-refractivity contribution in [3.8, 4) is 16.9 Å². The van der Waals surface area contributed by atoms with Crippen LogP contribution in [0.3, 0.4) is 0 Å². The summed E-state index contributed by atoms with van der Waals surface area (Å²) >= 11 is 0. The summed E-state index contributed by atoms with van der Waals surface area (Å²) in [4.78, 5) is 3.84. The van der Waals surface area contributed by atoms with E-state index < -0.39 is 6.36 Å². The van der Waals surface area contributed by atoms with Crippen molar-refractivity contribution >= 4 is 5.69 Å². The normalized spacial score (nSPS) is 11.3. The molecule has 0 saturated carbocycles. The molecule has 3 nitrogen and oxygen atoms in total. The number of benzene rings is 1. The van der Waals surface area contributed by atoms with Crippen molar-refractivity contribution in [2.24, 2.45) is 0 Å². The highest BCUT2D eigenvalue weighted by molar-refractivity contribution is 5.79. The first kappa shape index (κ1) is 12.2. The van der Waals surface area contributed by atoms with E-state index in [1.54, 1.807) is 6.07 Å². The number of anilines is 1. The molecule has 0 atom stereocenters. The van der Waals surface area contributed by atoms with E-state index in [-0.39, 0.29) is 11.3 Å². The summed E-state index contributed by atoms with van der Waals surface area (Å²) in [6.07, 6.45) is -1.88. The first-order valence-electron chi connectivity index (χ1n) is 5.02. The van der Waals surface area contributed by atoms with Gasteiger partial charge in [0.2, 0.25) is 0 Å². The minimum atomic E-state index is -4.74. The maximum absolute atomic E-state index is 12.3. The number of ether oxygens (including phenoxy) is 1. The molecule has 1 aromatic carbocycles. The highest BCUT2D eigenvalue weighted by Crippen LogP contribution is 2.35. The molecule has 6 heteroatoms. The van der Waals surface area contributed by atoms with E-state index in [2.05, 4.69) is 9.72 Å². The van der Waals surface area contributed by atoms with Crippen molar-refractivity contribution < 1.29 is 17.9 Å². The average Bonchev–Trinajstić information content (AvgIpc) is 2.29. The number of hydrogen-bond acceptors (Lipinski definition) is 3. The zero-order chi connectivity index (χ0) is 13.2. The fourth-order valence-corrected chi connectivity index (χ4v) is 1.53. The van der Waals surface area contributed by atoms with E-state index in [1.807, 2.05) is 0 Å². The van der Waals surface area contributed by atoms with Gasteiger partial charge in [0.25, 0.3) is 0 Å². The lowest BCUT2D eigenvalue weighted by Crippen LogP contribution is -2.17. The molecule has 0 amide bonds. The Hall–Kier alpha value is -2.24. The summed E-state index contributed by atoms with van der Waals surface area (Å²) in [5.41, 5.74) is 6.70. The van der Waals surface area contributed by atoms with Crippen LogP contribution >= 0.6 is 0 Å². The molecule has 94 valence electrons. The lowest BCUT2D eigenvalue weighted by Gasteiger charge is -2.13. The Labute approximate surface area is 101 Å². The molecule has 1 heterocycles. The summed E-state index contributed by atoms with van der Waals surface area (Å²) in [6, 6.07) is 7.30. The SMILES string of the molecule is Nc1ccncc1-c1ccccc1OC(F)(F)F. The number of alkyl halides is 3. The van der Waals surface area contributed by atoms with Crippen molar-refractivity contribution in [3.05, 3.63) is 42.7 Å². The molecule has 0 radical (unpaired) electrons. The van der Waals surface area contributed by atoms with Gasteiger partial charge in [-0.2, -0.15) is 0 Å². The second-order valence-corrected chi connectivity index (χ2v) is 3.51.